The highest BCUT2D eigenvalue weighted by molar-refractivity contribution is 5.90. The van der Waals surface area contributed by atoms with Crippen molar-refractivity contribution in [2.45, 2.75) is 45.1 Å². The predicted molar refractivity (Wildman–Crippen MR) is 78.9 cm³/mol. The molecule has 1 fully saturated rings. The number of nitrogens with two attached hydrogens (primary N) is 1. The Balaban J connectivity index is 2.11. The quantitative estimate of drug-likeness (QED) is 0.676. The molecule has 1 aromatic rings. The number of carbonyl (C=O) groups excluding carboxylic acids is 1. The van der Waals surface area contributed by atoms with Crippen molar-refractivity contribution in [3.05, 3.63) is 23.8 Å². The Morgan fingerprint density at radius 3 is 2.75 bits per heavy atom. The fraction of sp³-hybridized carbons (Fsp3) is 0.562. The second-order valence-electron chi connectivity index (χ2n) is 5.35. The summed E-state index contributed by atoms with van der Waals surface area (Å²) in [6.45, 7) is 2.20. The van der Waals surface area contributed by atoms with Gasteiger partial charge in [0, 0.05) is 0 Å². The Morgan fingerprint density at radius 1 is 1.35 bits per heavy atom. The molecule has 20 heavy (non-hydrogen) atoms. The maximum absolute atomic E-state index is 11.4. The second-order valence-corrected chi connectivity index (χ2v) is 5.35. The highest BCUT2D eigenvalue weighted by atomic mass is 16.5. The van der Waals surface area contributed by atoms with E-state index in [2.05, 4.69) is 11.7 Å². The van der Waals surface area contributed by atoms with Gasteiger partial charge in [0.1, 0.15) is 11.9 Å². The molecule has 0 spiro atoms. The van der Waals surface area contributed by atoms with Crippen molar-refractivity contribution in [3.8, 4) is 5.75 Å². The molecule has 0 heterocycles. The number of rotatable bonds is 4. The molecule has 4 heteroatoms. The lowest BCUT2D eigenvalue weighted by molar-refractivity contribution is 0.0600. The number of esters is 1. The summed E-state index contributed by atoms with van der Waals surface area (Å²) < 4.78 is 10.8. The Morgan fingerprint density at radius 2 is 2.10 bits per heavy atom. The average molecular weight is 277 g/mol. The number of hydrogen-bond acceptors (Lipinski definition) is 4. The summed E-state index contributed by atoms with van der Waals surface area (Å²) >= 11 is 0. The summed E-state index contributed by atoms with van der Waals surface area (Å²) in [6, 6.07) is 5.08. The first-order valence-electron chi connectivity index (χ1n) is 7.30. The van der Waals surface area contributed by atoms with Gasteiger partial charge in [0.15, 0.2) is 0 Å². The van der Waals surface area contributed by atoms with Gasteiger partial charge in [0.05, 0.1) is 18.4 Å². The Bertz CT molecular complexity index is 473. The molecule has 0 aliphatic heterocycles. The molecular formula is C16H23NO3. The van der Waals surface area contributed by atoms with E-state index in [1.54, 1.807) is 18.2 Å². The largest absolute Gasteiger partial charge is 0.488 e. The van der Waals surface area contributed by atoms with Crippen LogP contribution in [-0.4, -0.2) is 19.2 Å². The van der Waals surface area contributed by atoms with Crippen LogP contribution in [0.1, 0.15) is 49.4 Å². The molecule has 2 unspecified atom stereocenters. The van der Waals surface area contributed by atoms with E-state index in [1.807, 2.05) is 0 Å². The summed E-state index contributed by atoms with van der Waals surface area (Å²) in [4.78, 5) is 11.4. The molecule has 2 atom stereocenters. The van der Waals surface area contributed by atoms with Crippen LogP contribution >= 0.6 is 0 Å². The minimum atomic E-state index is -0.382. The van der Waals surface area contributed by atoms with Gasteiger partial charge in [0.25, 0.3) is 0 Å². The third-order valence-electron chi connectivity index (χ3n) is 4.07. The first kappa shape index (κ1) is 14.7. The van der Waals surface area contributed by atoms with Crippen LogP contribution in [0.15, 0.2) is 18.2 Å². The fourth-order valence-electron chi connectivity index (χ4n) is 2.86. The highest BCUT2D eigenvalue weighted by Gasteiger charge is 2.25. The predicted octanol–water partition coefficient (Wildman–Crippen LogP) is 3.40. The number of hydrogen-bond donors (Lipinski definition) is 1. The van der Waals surface area contributed by atoms with Gasteiger partial charge in [0.2, 0.25) is 0 Å². The number of ether oxygens (including phenoxy) is 2. The lowest BCUT2D eigenvalue weighted by atomic mass is 9.85. The molecule has 1 aliphatic carbocycles. The first-order valence-corrected chi connectivity index (χ1v) is 7.30. The van der Waals surface area contributed by atoms with Crippen molar-refractivity contribution in [1.82, 2.24) is 0 Å². The molecule has 0 amide bonds. The summed E-state index contributed by atoms with van der Waals surface area (Å²) in [5.74, 6) is 0.888. The van der Waals surface area contributed by atoms with Gasteiger partial charge in [-0.25, -0.2) is 4.79 Å². The summed E-state index contributed by atoms with van der Waals surface area (Å²) in [6.07, 6.45) is 6.17. The van der Waals surface area contributed by atoms with Crippen LogP contribution < -0.4 is 10.5 Å². The number of carbonyl (C=O) groups is 1. The molecule has 1 aromatic carbocycles. The van der Waals surface area contributed by atoms with E-state index in [-0.39, 0.29) is 12.1 Å². The first-order chi connectivity index (χ1) is 9.65. The molecule has 0 bridgehead atoms. The SMILES string of the molecule is CCC1CCCCC1Oc1ccc(C(=O)OC)cc1N. The van der Waals surface area contributed by atoms with E-state index in [0.29, 0.717) is 22.9 Å². The van der Waals surface area contributed by atoms with Crippen LogP contribution in [0.25, 0.3) is 0 Å². The molecular weight excluding hydrogens is 254 g/mol. The van der Waals surface area contributed by atoms with Gasteiger partial charge >= 0.3 is 5.97 Å². The normalized spacial score (nSPS) is 22.3. The zero-order valence-corrected chi connectivity index (χ0v) is 12.2. The molecule has 2 N–H and O–H groups in total. The van der Waals surface area contributed by atoms with Crippen molar-refractivity contribution < 1.29 is 14.3 Å². The third-order valence-corrected chi connectivity index (χ3v) is 4.07. The van der Waals surface area contributed by atoms with Gasteiger partial charge in [-0.3, -0.25) is 0 Å². The van der Waals surface area contributed by atoms with Gasteiger partial charge in [-0.05, 0) is 49.8 Å². The van der Waals surface area contributed by atoms with Gasteiger partial charge in [-0.1, -0.05) is 13.3 Å². The van der Waals surface area contributed by atoms with E-state index in [0.717, 1.165) is 12.8 Å². The van der Waals surface area contributed by atoms with E-state index in [1.165, 1.54) is 26.4 Å². The second kappa shape index (κ2) is 6.64. The number of benzene rings is 1. The van der Waals surface area contributed by atoms with Crippen LogP contribution in [0, 0.1) is 5.92 Å². The van der Waals surface area contributed by atoms with Gasteiger partial charge in [-0.15, -0.1) is 0 Å². The van der Waals surface area contributed by atoms with Crippen molar-refractivity contribution in [3.63, 3.8) is 0 Å². The molecule has 1 aliphatic rings. The average Bonchev–Trinajstić information content (AvgIpc) is 2.49. The lowest BCUT2D eigenvalue weighted by Crippen LogP contribution is -2.30. The molecule has 0 aromatic heterocycles. The molecule has 4 nitrogen and oxygen atoms in total. The highest BCUT2D eigenvalue weighted by Crippen LogP contribution is 2.32. The molecule has 2 rings (SSSR count). The zero-order valence-electron chi connectivity index (χ0n) is 12.2. The van der Waals surface area contributed by atoms with Crippen LogP contribution in [0.2, 0.25) is 0 Å². The van der Waals surface area contributed by atoms with Gasteiger partial charge in [-0.2, -0.15) is 0 Å². The smallest absolute Gasteiger partial charge is 0.337 e. The van der Waals surface area contributed by atoms with Crippen LogP contribution in [-0.2, 0) is 4.74 Å². The van der Waals surface area contributed by atoms with Crippen molar-refractivity contribution in [1.29, 1.82) is 0 Å². The summed E-state index contributed by atoms with van der Waals surface area (Å²) in [5, 5.41) is 0. The molecule has 110 valence electrons. The van der Waals surface area contributed by atoms with E-state index in [4.69, 9.17) is 10.5 Å². The minimum Gasteiger partial charge on any atom is -0.488 e. The summed E-state index contributed by atoms with van der Waals surface area (Å²) in [5.41, 5.74) is 6.93. The molecule has 0 radical (unpaired) electrons. The fourth-order valence-corrected chi connectivity index (χ4v) is 2.86. The standard InChI is InChI=1S/C16H23NO3/c1-3-11-6-4-5-7-14(11)20-15-9-8-12(10-13(15)17)16(18)19-2/h8-11,14H,3-7,17H2,1-2H3. The number of anilines is 1. The van der Waals surface area contributed by atoms with Crippen molar-refractivity contribution in [2.75, 3.05) is 12.8 Å². The maximum Gasteiger partial charge on any atom is 0.337 e. The Labute approximate surface area is 120 Å². The van der Waals surface area contributed by atoms with Crippen LogP contribution in [0.4, 0.5) is 5.69 Å². The van der Waals surface area contributed by atoms with E-state index < -0.39 is 0 Å². The van der Waals surface area contributed by atoms with E-state index >= 15 is 0 Å². The van der Waals surface area contributed by atoms with Crippen molar-refractivity contribution in [2.24, 2.45) is 5.92 Å². The zero-order chi connectivity index (χ0) is 14.5. The number of nitrogen functional groups attached to an aromatic ring is 1. The lowest BCUT2D eigenvalue weighted by Gasteiger charge is -2.31. The van der Waals surface area contributed by atoms with Crippen molar-refractivity contribution >= 4 is 11.7 Å². The van der Waals surface area contributed by atoms with Crippen LogP contribution in [0.5, 0.6) is 5.75 Å². The van der Waals surface area contributed by atoms with Crippen LogP contribution in [0.3, 0.4) is 0 Å². The monoisotopic (exact) mass is 277 g/mol. The topological polar surface area (TPSA) is 61.5 Å². The third kappa shape index (κ3) is 3.24. The maximum atomic E-state index is 11.4. The summed E-state index contributed by atoms with van der Waals surface area (Å²) in [7, 11) is 1.36. The van der Waals surface area contributed by atoms with Gasteiger partial charge < -0.3 is 15.2 Å². The Hall–Kier alpha value is -1.71. The Kier molecular flexibility index (Phi) is 4.88. The minimum absolute atomic E-state index is 0.236. The number of methoxy groups -OCH3 is 1. The molecule has 1 saturated carbocycles. The van der Waals surface area contributed by atoms with E-state index in [9.17, 15) is 4.79 Å². The molecule has 0 saturated heterocycles.